The van der Waals surface area contributed by atoms with Gasteiger partial charge in [0.2, 0.25) is 15.9 Å². The molecule has 1 heterocycles. The van der Waals surface area contributed by atoms with E-state index >= 15 is 0 Å². The third kappa shape index (κ3) is 4.53. The van der Waals surface area contributed by atoms with Gasteiger partial charge in [-0.3, -0.25) is 4.79 Å². The van der Waals surface area contributed by atoms with Gasteiger partial charge < -0.3 is 10.2 Å². The third-order valence-corrected chi connectivity index (χ3v) is 6.32. The van der Waals surface area contributed by atoms with Crippen LogP contribution in [0.15, 0.2) is 33.6 Å². The second-order valence-corrected chi connectivity index (χ2v) is 8.53. The molecule has 1 amide bonds. The van der Waals surface area contributed by atoms with Crippen molar-refractivity contribution in [2.45, 2.75) is 24.8 Å². The topological polar surface area (TPSA) is 69.7 Å². The first-order valence-corrected chi connectivity index (χ1v) is 9.81. The molecule has 1 fully saturated rings. The quantitative estimate of drug-likeness (QED) is 0.803. The fraction of sp³-hybridized carbons (Fsp3) is 0.533. The minimum absolute atomic E-state index is 0.129. The number of rotatable bonds is 5. The van der Waals surface area contributed by atoms with Gasteiger partial charge in [0.25, 0.3) is 0 Å². The van der Waals surface area contributed by atoms with Gasteiger partial charge in [0.05, 0.1) is 11.4 Å². The molecule has 0 saturated carbocycles. The lowest BCUT2D eigenvalue weighted by atomic mass is 10.3. The van der Waals surface area contributed by atoms with E-state index in [-0.39, 0.29) is 23.4 Å². The predicted octanol–water partition coefficient (Wildman–Crippen LogP) is 1.28. The molecular weight excluding hydrogens is 382 g/mol. The van der Waals surface area contributed by atoms with Crippen LogP contribution in [0, 0.1) is 0 Å². The second-order valence-electron chi connectivity index (χ2n) is 5.73. The van der Waals surface area contributed by atoms with E-state index in [0.29, 0.717) is 13.1 Å². The van der Waals surface area contributed by atoms with Gasteiger partial charge in [0.15, 0.2) is 0 Å². The zero-order valence-electron chi connectivity index (χ0n) is 13.3. The molecule has 0 aliphatic carbocycles. The molecule has 1 aliphatic heterocycles. The first kappa shape index (κ1) is 18.4. The molecule has 1 aromatic rings. The normalized spacial score (nSPS) is 16.1. The van der Waals surface area contributed by atoms with Gasteiger partial charge in [-0.05, 0) is 38.1 Å². The number of piperazine rings is 1. The number of carbonyl (C=O) groups excluding carboxylic acids is 1. The summed E-state index contributed by atoms with van der Waals surface area (Å²) >= 11 is 3.30. The molecule has 0 radical (unpaired) electrons. The number of nitrogens with one attached hydrogen (secondary N) is 1. The molecule has 23 heavy (non-hydrogen) atoms. The van der Waals surface area contributed by atoms with E-state index in [1.54, 1.807) is 43.0 Å². The number of hydrogen-bond donors (Lipinski definition) is 1. The van der Waals surface area contributed by atoms with Crippen LogP contribution in [0.3, 0.4) is 0 Å². The van der Waals surface area contributed by atoms with Gasteiger partial charge in [-0.25, -0.2) is 8.42 Å². The van der Waals surface area contributed by atoms with E-state index in [0.717, 1.165) is 17.6 Å². The minimum Gasteiger partial charge on any atom is -0.339 e. The molecule has 0 unspecified atom stereocenters. The highest BCUT2D eigenvalue weighted by Gasteiger charge is 2.30. The number of benzene rings is 1. The number of nitrogens with zero attached hydrogens (tertiary/aromatic N) is 2. The Morgan fingerprint density at radius 3 is 2.35 bits per heavy atom. The van der Waals surface area contributed by atoms with E-state index in [4.69, 9.17) is 0 Å². The van der Waals surface area contributed by atoms with Crippen molar-refractivity contribution in [2.24, 2.45) is 0 Å². The average Bonchev–Trinajstić information content (AvgIpc) is 2.53. The highest BCUT2D eigenvalue weighted by Crippen LogP contribution is 2.20. The van der Waals surface area contributed by atoms with Gasteiger partial charge in [0, 0.05) is 36.7 Å². The summed E-state index contributed by atoms with van der Waals surface area (Å²) in [6.07, 6.45) is 0. The second kappa shape index (κ2) is 7.74. The van der Waals surface area contributed by atoms with E-state index in [9.17, 15) is 13.2 Å². The number of hydrogen-bond acceptors (Lipinski definition) is 4. The maximum Gasteiger partial charge on any atom is 0.243 e. The van der Waals surface area contributed by atoms with E-state index in [2.05, 4.69) is 21.2 Å². The van der Waals surface area contributed by atoms with Crippen LogP contribution in [0.25, 0.3) is 0 Å². The number of sulfonamides is 1. The molecular formula is C15H22BrN3O3S. The monoisotopic (exact) mass is 403 g/mol. The molecule has 1 N–H and O–H groups in total. The molecule has 1 aromatic carbocycles. The lowest BCUT2D eigenvalue weighted by Crippen LogP contribution is -2.51. The molecule has 0 atom stereocenters. The summed E-state index contributed by atoms with van der Waals surface area (Å²) < 4.78 is 27.7. The van der Waals surface area contributed by atoms with Crippen molar-refractivity contribution >= 4 is 31.9 Å². The van der Waals surface area contributed by atoms with Crippen LogP contribution in [0.4, 0.5) is 0 Å². The first-order valence-electron chi connectivity index (χ1n) is 7.58. The van der Waals surface area contributed by atoms with Crippen LogP contribution in [-0.4, -0.2) is 62.3 Å². The van der Waals surface area contributed by atoms with Crippen LogP contribution >= 0.6 is 15.9 Å². The van der Waals surface area contributed by atoms with Crippen molar-refractivity contribution < 1.29 is 13.2 Å². The molecule has 128 valence electrons. The minimum atomic E-state index is -3.70. The molecule has 8 heteroatoms. The average molecular weight is 404 g/mol. The third-order valence-electron chi connectivity index (χ3n) is 3.76. The van der Waals surface area contributed by atoms with Crippen molar-refractivity contribution in [3.05, 3.63) is 28.7 Å². The van der Waals surface area contributed by atoms with Gasteiger partial charge in [-0.15, -0.1) is 0 Å². The van der Waals surface area contributed by atoms with Crippen LogP contribution in [-0.2, 0) is 14.8 Å². The molecule has 0 aromatic heterocycles. The molecule has 0 spiro atoms. The predicted molar refractivity (Wildman–Crippen MR) is 92.6 cm³/mol. The molecule has 1 saturated heterocycles. The Kier molecular flexibility index (Phi) is 6.19. The van der Waals surface area contributed by atoms with E-state index < -0.39 is 10.0 Å². The molecule has 0 bridgehead atoms. The molecule has 1 aliphatic rings. The lowest BCUT2D eigenvalue weighted by molar-refractivity contribution is -0.132. The van der Waals surface area contributed by atoms with Crippen LogP contribution in [0.1, 0.15) is 13.8 Å². The van der Waals surface area contributed by atoms with Crippen LogP contribution in [0.5, 0.6) is 0 Å². The van der Waals surface area contributed by atoms with Crippen LogP contribution in [0.2, 0.25) is 0 Å². The Morgan fingerprint density at radius 2 is 1.83 bits per heavy atom. The van der Waals surface area contributed by atoms with Gasteiger partial charge in [-0.1, -0.05) is 15.9 Å². The largest absolute Gasteiger partial charge is 0.339 e. The Balaban J connectivity index is 2.19. The fourth-order valence-corrected chi connectivity index (χ4v) is 4.29. The summed E-state index contributed by atoms with van der Waals surface area (Å²) in [6.45, 7) is 6.14. The summed E-state index contributed by atoms with van der Waals surface area (Å²) in [6, 6.07) is 6.16. The van der Waals surface area contributed by atoms with Gasteiger partial charge in [-0.2, -0.15) is 4.31 Å². The highest BCUT2D eigenvalue weighted by molar-refractivity contribution is 9.10. The van der Waals surface area contributed by atoms with Crippen molar-refractivity contribution in [3.8, 4) is 0 Å². The Morgan fingerprint density at radius 1 is 1.26 bits per heavy atom. The maximum absolute atomic E-state index is 12.8. The lowest BCUT2D eigenvalue weighted by Gasteiger charge is -2.31. The van der Waals surface area contributed by atoms with Crippen molar-refractivity contribution in [3.63, 3.8) is 0 Å². The van der Waals surface area contributed by atoms with Crippen molar-refractivity contribution in [1.82, 2.24) is 14.5 Å². The SMILES string of the molecule is CC(C)N(CC(=O)N1CCNCC1)S(=O)(=O)c1ccc(Br)cc1. The zero-order valence-corrected chi connectivity index (χ0v) is 15.7. The standard InChI is InChI=1S/C15H22BrN3O3S/c1-12(2)19(11-15(20)18-9-7-17-8-10-18)23(21,22)14-5-3-13(16)4-6-14/h3-6,12,17H,7-11H2,1-2H3. The first-order chi connectivity index (χ1) is 10.8. The summed E-state index contributed by atoms with van der Waals surface area (Å²) in [7, 11) is -3.70. The van der Waals surface area contributed by atoms with Crippen LogP contribution < -0.4 is 5.32 Å². The number of carbonyl (C=O) groups is 1. The van der Waals surface area contributed by atoms with Crippen molar-refractivity contribution in [2.75, 3.05) is 32.7 Å². The summed E-state index contributed by atoms with van der Waals surface area (Å²) in [5.74, 6) is -0.152. The Hall–Kier alpha value is -0.960. The summed E-state index contributed by atoms with van der Waals surface area (Å²) in [5.41, 5.74) is 0. The maximum atomic E-state index is 12.8. The van der Waals surface area contributed by atoms with Crippen molar-refractivity contribution in [1.29, 1.82) is 0 Å². The fourth-order valence-electron chi connectivity index (χ4n) is 2.43. The summed E-state index contributed by atoms with van der Waals surface area (Å²) in [4.78, 5) is 14.3. The smallest absolute Gasteiger partial charge is 0.243 e. The number of halogens is 1. The Labute approximate surface area is 146 Å². The van der Waals surface area contributed by atoms with E-state index in [1.165, 1.54) is 4.31 Å². The zero-order chi connectivity index (χ0) is 17.0. The van der Waals surface area contributed by atoms with E-state index in [1.807, 2.05) is 0 Å². The molecule has 2 rings (SSSR count). The van der Waals surface area contributed by atoms with Gasteiger partial charge >= 0.3 is 0 Å². The number of amides is 1. The Bertz CT molecular complexity index is 640. The highest BCUT2D eigenvalue weighted by atomic mass is 79.9. The summed E-state index contributed by atoms with van der Waals surface area (Å²) in [5, 5.41) is 3.18. The molecule has 6 nitrogen and oxygen atoms in total. The van der Waals surface area contributed by atoms with Gasteiger partial charge in [0.1, 0.15) is 0 Å².